The van der Waals surface area contributed by atoms with E-state index in [1.807, 2.05) is 0 Å². The summed E-state index contributed by atoms with van der Waals surface area (Å²) in [5.41, 5.74) is -0.977. The molecule has 0 radical (unpaired) electrons. The molecule has 0 aliphatic carbocycles. The zero-order valence-corrected chi connectivity index (χ0v) is 11.5. The lowest BCUT2D eigenvalue weighted by Crippen LogP contribution is -2.13. The summed E-state index contributed by atoms with van der Waals surface area (Å²) in [5.74, 6) is 0. The quantitative estimate of drug-likeness (QED) is 0.354. The van der Waals surface area contributed by atoms with Crippen molar-refractivity contribution in [3.63, 3.8) is 0 Å². The van der Waals surface area contributed by atoms with E-state index in [-0.39, 0.29) is 4.47 Å². The highest BCUT2D eigenvalue weighted by Crippen LogP contribution is 2.11. The highest BCUT2D eigenvalue weighted by Gasteiger charge is 2.15. The zero-order chi connectivity index (χ0) is 12.1. The van der Waals surface area contributed by atoms with Crippen molar-refractivity contribution in [2.24, 2.45) is 0 Å². The minimum atomic E-state index is -0.659. The van der Waals surface area contributed by atoms with E-state index in [4.69, 9.17) is 0 Å². The molecule has 0 N–H and O–H groups in total. The van der Waals surface area contributed by atoms with Gasteiger partial charge in [-0.1, -0.05) is 15.9 Å². The van der Waals surface area contributed by atoms with E-state index in [0.29, 0.717) is 6.54 Å². The van der Waals surface area contributed by atoms with Crippen LogP contribution in [-0.4, -0.2) is 14.8 Å². The molecule has 0 saturated heterocycles. The Balaban J connectivity index is 2.95. The standard InChI is InChI=1S/C9H10Br2N2O3/c10-3-1-2-4-12-5-7(11)9(14)8(6-12)13(15)16/h5-6H,1-4H2. The third-order valence-corrected chi connectivity index (χ3v) is 3.14. The van der Waals surface area contributed by atoms with Gasteiger partial charge in [-0.05, 0) is 28.8 Å². The fraction of sp³-hybridized carbons (Fsp3) is 0.444. The van der Waals surface area contributed by atoms with Crippen LogP contribution in [0.3, 0.4) is 0 Å². The second-order valence-corrected chi connectivity index (χ2v) is 4.86. The van der Waals surface area contributed by atoms with Gasteiger partial charge >= 0.3 is 5.69 Å². The maximum absolute atomic E-state index is 11.4. The Morgan fingerprint density at radius 2 is 2.06 bits per heavy atom. The van der Waals surface area contributed by atoms with E-state index in [1.54, 1.807) is 10.8 Å². The number of hydrogen-bond donors (Lipinski definition) is 0. The molecule has 0 aromatic carbocycles. The topological polar surface area (TPSA) is 65.1 Å². The molecule has 7 heteroatoms. The van der Waals surface area contributed by atoms with Gasteiger partial charge in [-0.2, -0.15) is 0 Å². The van der Waals surface area contributed by atoms with E-state index < -0.39 is 16.0 Å². The number of rotatable bonds is 5. The maximum atomic E-state index is 11.4. The summed E-state index contributed by atoms with van der Waals surface area (Å²) in [5, 5.41) is 11.5. The number of nitro groups is 1. The Hall–Kier alpha value is -0.690. The zero-order valence-electron chi connectivity index (χ0n) is 8.36. The van der Waals surface area contributed by atoms with Crippen molar-refractivity contribution in [1.29, 1.82) is 0 Å². The summed E-state index contributed by atoms with van der Waals surface area (Å²) < 4.78 is 1.88. The van der Waals surface area contributed by atoms with Gasteiger partial charge in [0, 0.05) is 18.1 Å². The molecule has 1 heterocycles. The number of alkyl halides is 1. The number of unbranched alkanes of at least 4 members (excludes halogenated alkanes) is 1. The Morgan fingerprint density at radius 3 is 2.62 bits per heavy atom. The lowest BCUT2D eigenvalue weighted by Gasteiger charge is -2.05. The van der Waals surface area contributed by atoms with Crippen LogP contribution in [0.4, 0.5) is 5.69 Å². The van der Waals surface area contributed by atoms with Crippen LogP contribution in [0.1, 0.15) is 12.8 Å². The first-order valence-electron chi connectivity index (χ1n) is 4.66. The van der Waals surface area contributed by atoms with E-state index in [2.05, 4.69) is 31.9 Å². The average molecular weight is 354 g/mol. The third kappa shape index (κ3) is 3.41. The molecule has 16 heavy (non-hydrogen) atoms. The Morgan fingerprint density at radius 1 is 1.38 bits per heavy atom. The van der Waals surface area contributed by atoms with Gasteiger partial charge in [-0.25, -0.2) is 0 Å². The lowest BCUT2D eigenvalue weighted by molar-refractivity contribution is -0.386. The van der Waals surface area contributed by atoms with Crippen LogP contribution in [0.15, 0.2) is 21.7 Å². The minimum absolute atomic E-state index is 0.223. The molecule has 1 rings (SSSR count). The summed E-state index contributed by atoms with van der Waals surface area (Å²) in [6.07, 6.45) is 4.74. The lowest BCUT2D eigenvalue weighted by atomic mass is 10.3. The summed E-state index contributed by atoms with van der Waals surface area (Å²) in [6, 6.07) is 0. The number of halogens is 2. The van der Waals surface area contributed by atoms with Gasteiger partial charge in [0.15, 0.2) is 0 Å². The van der Waals surface area contributed by atoms with Gasteiger partial charge in [-0.3, -0.25) is 14.9 Å². The molecule has 1 aromatic heterocycles. The summed E-state index contributed by atoms with van der Waals surface area (Å²) in [7, 11) is 0. The van der Waals surface area contributed by atoms with Crippen molar-refractivity contribution in [3.05, 3.63) is 37.2 Å². The predicted molar refractivity (Wildman–Crippen MR) is 68.1 cm³/mol. The molecule has 0 spiro atoms. The first-order chi connectivity index (χ1) is 7.56. The SMILES string of the molecule is O=c1c(Br)cn(CCCCBr)cc1[N+](=O)[O-]. The molecule has 0 unspecified atom stereocenters. The number of pyridine rings is 1. The Bertz CT molecular complexity index is 445. The fourth-order valence-electron chi connectivity index (χ4n) is 1.23. The molecule has 0 saturated carbocycles. The van der Waals surface area contributed by atoms with Crippen molar-refractivity contribution in [2.45, 2.75) is 19.4 Å². The first kappa shape index (κ1) is 13.4. The van der Waals surface area contributed by atoms with E-state index in [9.17, 15) is 14.9 Å². The highest BCUT2D eigenvalue weighted by molar-refractivity contribution is 9.10. The number of nitrogens with zero attached hydrogens (tertiary/aromatic N) is 2. The fourth-order valence-corrected chi connectivity index (χ4v) is 2.09. The molecule has 0 aliphatic rings. The largest absolute Gasteiger partial charge is 0.347 e. The van der Waals surface area contributed by atoms with Gasteiger partial charge < -0.3 is 4.57 Å². The predicted octanol–water partition coefficient (Wildman–Crippen LogP) is 2.69. The van der Waals surface area contributed by atoms with Gasteiger partial charge in [0.1, 0.15) is 0 Å². The van der Waals surface area contributed by atoms with Crippen LogP contribution in [0.5, 0.6) is 0 Å². The summed E-state index contributed by atoms with van der Waals surface area (Å²) in [4.78, 5) is 21.3. The smallest absolute Gasteiger partial charge is 0.333 e. The molecule has 0 bridgehead atoms. The van der Waals surface area contributed by atoms with Gasteiger partial charge in [0.05, 0.1) is 15.6 Å². The van der Waals surface area contributed by atoms with Crippen molar-refractivity contribution < 1.29 is 4.92 Å². The van der Waals surface area contributed by atoms with Gasteiger partial charge in [0.2, 0.25) is 0 Å². The van der Waals surface area contributed by atoms with E-state index in [1.165, 1.54) is 6.20 Å². The molecular formula is C9H10Br2N2O3. The van der Waals surface area contributed by atoms with Crippen LogP contribution in [0.2, 0.25) is 0 Å². The molecule has 0 atom stereocenters. The Kier molecular flexibility index (Phi) is 5.14. The summed E-state index contributed by atoms with van der Waals surface area (Å²) >= 11 is 6.34. The van der Waals surface area contributed by atoms with Crippen LogP contribution in [0, 0.1) is 10.1 Å². The minimum Gasteiger partial charge on any atom is -0.347 e. The molecule has 88 valence electrons. The molecule has 0 amide bonds. The van der Waals surface area contributed by atoms with Crippen LogP contribution < -0.4 is 5.43 Å². The highest BCUT2D eigenvalue weighted by atomic mass is 79.9. The molecule has 0 fully saturated rings. The van der Waals surface area contributed by atoms with Crippen molar-refractivity contribution in [3.8, 4) is 0 Å². The number of aryl methyl sites for hydroxylation is 1. The molecule has 5 nitrogen and oxygen atoms in total. The second-order valence-electron chi connectivity index (χ2n) is 3.21. The second kappa shape index (κ2) is 6.15. The van der Waals surface area contributed by atoms with Crippen molar-refractivity contribution in [1.82, 2.24) is 4.57 Å². The van der Waals surface area contributed by atoms with Crippen LogP contribution in [-0.2, 0) is 6.54 Å². The number of hydrogen-bond acceptors (Lipinski definition) is 3. The monoisotopic (exact) mass is 352 g/mol. The van der Waals surface area contributed by atoms with Crippen LogP contribution in [0.25, 0.3) is 0 Å². The van der Waals surface area contributed by atoms with E-state index >= 15 is 0 Å². The molecule has 0 aliphatic heterocycles. The Labute approximate surface area is 109 Å². The van der Waals surface area contributed by atoms with Crippen LogP contribution >= 0.6 is 31.9 Å². The normalized spacial score (nSPS) is 10.4. The average Bonchev–Trinajstić information content (AvgIpc) is 2.23. The van der Waals surface area contributed by atoms with Crippen molar-refractivity contribution >= 4 is 37.5 Å². The number of aromatic nitrogens is 1. The maximum Gasteiger partial charge on any atom is 0.333 e. The third-order valence-electron chi connectivity index (χ3n) is 2.01. The first-order valence-corrected chi connectivity index (χ1v) is 6.57. The molecular weight excluding hydrogens is 344 g/mol. The van der Waals surface area contributed by atoms with Gasteiger partial charge in [-0.15, -0.1) is 0 Å². The summed E-state index contributed by atoms with van der Waals surface area (Å²) in [6.45, 7) is 0.658. The van der Waals surface area contributed by atoms with E-state index in [0.717, 1.165) is 18.2 Å². The molecule has 1 aromatic rings. The van der Waals surface area contributed by atoms with Crippen molar-refractivity contribution in [2.75, 3.05) is 5.33 Å². The van der Waals surface area contributed by atoms with Gasteiger partial charge in [0.25, 0.3) is 5.43 Å².